The molecule has 0 spiro atoms. The van der Waals surface area contributed by atoms with Crippen LogP contribution in [0.3, 0.4) is 0 Å². The van der Waals surface area contributed by atoms with Crippen molar-refractivity contribution in [2.24, 2.45) is 5.92 Å². The van der Waals surface area contributed by atoms with Gasteiger partial charge in [0, 0.05) is 18.2 Å². The molecule has 2 N–H and O–H groups in total. The highest BCUT2D eigenvalue weighted by Crippen LogP contribution is 2.30. The fourth-order valence-electron chi connectivity index (χ4n) is 2.62. The lowest BCUT2D eigenvalue weighted by atomic mass is 10.1. The molecule has 2 unspecified atom stereocenters. The molecule has 0 radical (unpaired) electrons. The summed E-state index contributed by atoms with van der Waals surface area (Å²) in [5.74, 6) is 2.21. The second-order valence-electron chi connectivity index (χ2n) is 6.15. The Balaban J connectivity index is 2.07. The van der Waals surface area contributed by atoms with Crippen molar-refractivity contribution < 1.29 is 14.6 Å². The number of rotatable bonds is 7. The molecule has 4 nitrogen and oxygen atoms in total. The fraction of sp³-hybridized carbons (Fsp3) is 0.647. The van der Waals surface area contributed by atoms with Crippen LogP contribution in [0.1, 0.15) is 38.7 Å². The predicted molar refractivity (Wildman–Crippen MR) is 83.8 cm³/mol. The monoisotopic (exact) mass is 293 g/mol. The minimum atomic E-state index is -0.354. The van der Waals surface area contributed by atoms with E-state index in [1.807, 2.05) is 18.2 Å². The molecular weight excluding hydrogens is 266 g/mol. The lowest BCUT2D eigenvalue weighted by Crippen LogP contribution is -2.26. The zero-order valence-electron chi connectivity index (χ0n) is 13.3. The number of hydrogen-bond acceptors (Lipinski definition) is 4. The van der Waals surface area contributed by atoms with Crippen LogP contribution in [0.2, 0.25) is 0 Å². The Morgan fingerprint density at radius 1 is 1.33 bits per heavy atom. The van der Waals surface area contributed by atoms with E-state index in [0.717, 1.165) is 49.4 Å². The Labute approximate surface area is 127 Å². The Morgan fingerprint density at radius 3 is 2.76 bits per heavy atom. The quantitative estimate of drug-likeness (QED) is 0.811. The van der Waals surface area contributed by atoms with Gasteiger partial charge in [-0.15, -0.1) is 0 Å². The van der Waals surface area contributed by atoms with Gasteiger partial charge in [0.1, 0.15) is 17.6 Å². The summed E-state index contributed by atoms with van der Waals surface area (Å²) in [4.78, 5) is 0. The molecule has 0 saturated heterocycles. The van der Waals surface area contributed by atoms with Crippen LogP contribution in [-0.2, 0) is 6.54 Å². The SMILES string of the molecule is COc1ccc(CNCC(C)C)c(OC2CCCC2O)c1. The van der Waals surface area contributed by atoms with E-state index in [2.05, 4.69) is 19.2 Å². The summed E-state index contributed by atoms with van der Waals surface area (Å²) in [5.41, 5.74) is 1.11. The molecule has 0 aromatic heterocycles. The molecule has 0 aliphatic heterocycles. The van der Waals surface area contributed by atoms with Crippen molar-refractivity contribution in [2.45, 2.75) is 51.9 Å². The topological polar surface area (TPSA) is 50.7 Å². The smallest absolute Gasteiger partial charge is 0.128 e. The Morgan fingerprint density at radius 2 is 2.14 bits per heavy atom. The van der Waals surface area contributed by atoms with Crippen LogP contribution in [0, 0.1) is 5.92 Å². The predicted octanol–water partition coefficient (Wildman–Crippen LogP) is 2.73. The van der Waals surface area contributed by atoms with Crippen molar-refractivity contribution in [3.8, 4) is 11.5 Å². The first-order chi connectivity index (χ1) is 10.1. The van der Waals surface area contributed by atoms with E-state index >= 15 is 0 Å². The van der Waals surface area contributed by atoms with Crippen LogP contribution in [-0.4, -0.2) is 31.0 Å². The van der Waals surface area contributed by atoms with Gasteiger partial charge in [0.15, 0.2) is 0 Å². The van der Waals surface area contributed by atoms with Gasteiger partial charge in [0.05, 0.1) is 13.2 Å². The third-order valence-electron chi connectivity index (χ3n) is 3.84. The van der Waals surface area contributed by atoms with E-state index in [1.54, 1.807) is 7.11 Å². The average molecular weight is 293 g/mol. The number of hydrogen-bond donors (Lipinski definition) is 2. The van der Waals surface area contributed by atoms with Gasteiger partial charge >= 0.3 is 0 Å². The van der Waals surface area contributed by atoms with Crippen LogP contribution in [0.5, 0.6) is 11.5 Å². The minimum Gasteiger partial charge on any atom is -0.497 e. The molecule has 1 aliphatic carbocycles. The third-order valence-corrected chi connectivity index (χ3v) is 3.84. The van der Waals surface area contributed by atoms with E-state index in [1.165, 1.54) is 0 Å². The number of aliphatic hydroxyl groups is 1. The molecule has 21 heavy (non-hydrogen) atoms. The van der Waals surface area contributed by atoms with Crippen LogP contribution in [0.15, 0.2) is 18.2 Å². The van der Waals surface area contributed by atoms with Gasteiger partial charge in [-0.2, -0.15) is 0 Å². The summed E-state index contributed by atoms with van der Waals surface area (Å²) in [7, 11) is 1.65. The van der Waals surface area contributed by atoms with Gasteiger partial charge in [0.2, 0.25) is 0 Å². The number of methoxy groups -OCH3 is 1. The first kappa shape index (κ1) is 16.1. The highest BCUT2D eigenvalue weighted by Gasteiger charge is 2.27. The van der Waals surface area contributed by atoms with E-state index in [9.17, 15) is 5.11 Å². The van der Waals surface area contributed by atoms with E-state index in [-0.39, 0.29) is 12.2 Å². The maximum absolute atomic E-state index is 9.94. The second kappa shape index (κ2) is 7.66. The largest absolute Gasteiger partial charge is 0.497 e. The third kappa shape index (κ3) is 4.61. The molecule has 118 valence electrons. The van der Waals surface area contributed by atoms with E-state index in [4.69, 9.17) is 9.47 Å². The van der Waals surface area contributed by atoms with Gasteiger partial charge in [-0.3, -0.25) is 0 Å². The molecule has 1 aliphatic rings. The van der Waals surface area contributed by atoms with Crippen LogP contribution in [0.25, 0.3) is 0 Å². The molecular formula is C17H27NO3. The molecule has 1 saturated carbocycles. The molecule has 2 rings (SSSR count). The summed E-state index contributed by atoms with van der Waals surface area (Å²) in [5, 5.41) is 13.4. The van der Waals surface area contributed by atoms with Crippen molar-refractivity contribution in [2.75, 3.05) is 13.7 Å². The van der Waals surface area contributed by atoms with Crippen molar-refractivity contribution in [3.05, 3.63) is 23.8 Å². The molecule has 0 bridgehead atoms. The molecule has 0 amide bonds. The van der Waals surface area contributed by atoms with Crippen molar-refractivity contribution in [1.29, 1.82) is 0 Å². The molecule has 0 heterocycles. The van der Waals surface area contributed by atoms with Gasteiger partial charge in [-0.1, -0.05) is 19.9 Å². The summed E-state index contributed by atoms with van der Waals surface area (Å²) in [6.45, 7) is 6.11. The molecule has 1 fully saturated rings. The maximum Gasteiger partial charge on any atom is 0.128 e. The van der Waals surface area contributed by atoms with Gasteiger partial charge in [-0.05, 0) is 37.8 Å². The first-order valence-electron chi connectivity index (χ1n) is 7.82. The summed E-state index contributed by atoms with van der Waals surface area (Å²) >= 11 is 0. The Kier molecular flexibility index (Phi) is 5.88. The number of benzene rings is 1. The van der Waals surface area contributed by atoms with Crippen molar-refractivity contribution >= 4 is 0 Å². The van der Waals surface area contributed by atoms with Crippen LogP contribution in [0.4, 0.5) is 0 Å². The molecule has 2 atom stereocenters. The van der Waals surface area contributed by atoms with E-state index < -0.39 is 0 Å². The molecule has 1 aromatic carbocycles. The first-order valence-corrected chi connectivity index (χ1v) is 7.82. The number of nitrogens with one attached hydrogen (secondary N) is 1. The highest BCUT2D eigenvalue weighted by atomic mass is 16.5. The zero-order chi connectivity index (χ0) is 15.2. The molecule has 4 heteroatoms. The second-order valence-corrected chi connectivity index (χ2v) is 6.15. The normalized spacial score (nSPS) is 21.8. The minimum absolute atomic E-state index is 0.0963. The summed E-state index contributed by atoms with van der Waals surface area (Å²) < 4.78 is 11.3. The fourth-order valence-corrected chi connectivity index (χ4v) is 2.62. The molecule has 1 aromatic rings. The van der Waals surface area contributed by atoms with Crippen molar-refractivity contribution in [3.63, 3.8) is 0 Å². The van der Waals surface area contributed by atoms with Crippen LogP contribution >= 0.6 is 0 Å². The number of aliphatic hydroxyl groups excluding tert-OH is 1. The van der Waals surface area contributed by atoms with E-state index in [0.29, 0.717) is 5.92 Å². The average Bonchev–Trinajstić information content (AvgIpc) is 2.85. The summed E-state index contributed by atoms with van der Waals surface area (Å²) in [6.07, 6.45) is 2.32. The van der Waals surface area contributed by atoms with Gasteiger partial charge < -0.3 is 19.9 Å². The highest BCUT2D eigenvalue weighted by molar-refractivity contribution is 5.41. The lowest BCUT2D eigenvalue weighted by Gasteiger charge is -2.20. The standard InChI is InChI=1S/C17H27NO3/c1-12(2)10-18-11-13-7-8-14(20-3)9-17(13)21-16-6-4-5-15(16)19/h7-9,12,15-16,18-19H,4-6,10-11H2,1-3H3. The lowest BCUT2D eigenvalue weighted by molar-refractivity contribution is 0.0595. The van der Waals surface area contributed by atoms with Gasteiger partial charge in [-0.25, -0.2) is 0 Å². The van der Waals surface area contributed by atoms with Crippen molar-refractivity contribution in [1.82, 2.24) is 5.32 Å². The van der Waals surface area contributed by atoms with Crippen LogP contribution < -0.4 is 14.8 Å². The Bertz CT molecular complexity index is 448. The maximum atomic E-state index is 9.94. The zero-order valence-corrected chi connectivity index (χ0v) is 13.3. The summed E-state index contributed by atoms with van der Waals surface area (Å²) in [6, 6.07) is 5.89. The van der Waals surface area contributed by atoms with Gasteiger partial charge in [0.25, 0.3) is 0 Å². The number of ether oxygens (including phenoxy) is 2. The Hall–Kier alpha value is -1.26.